The van der Waals surface area contributed by atoms with E-state index in [0.29, 0.717) is 0 Å². The Morgan fingerprint density at radius 3 is 2.57 bits per heavy atom. The quantitative estimate of drug-likeness (QED) is 0.706. The Labute approximate surface area is 133 Å². The van der Waals surface area contributed by atoms with Gasteiger partial charge in [0.2, 0.25) is 0 Å². The summed E-state index contributed by atoms with van der Waals surface area (Å²) in [6.07, 6.45) is 1.84. The molecule has 3 aromatic rings. The van der Waals surface area contributed by atoms with Crippen molar-refractivity contribution in [1.29, 1.82) is 0 Å². The molecule has 0 atom stereocenters. The second-order valence-corrected chi connectivity index (χ2v) is 6.19. The molecular formula is C18H17BrN2. The van der Waals surface area contributed by atoms with E-state index in [1.807, 2.05) is 12.3 Å². The van der Waals surface area contributed by atoms with Crippen LogP contribution in [0, 0.1) is 13.8 Å². The SMILES string of the molecule is Cc1cc(C)cc(NCc2ccc(Br)c3cccnc23)c1. The number of halogens is 1. The third-order valence-corrected chi connectivity index (χ3v) is 4.20. The lowest BCUT2D eigenvalue weighted by molar-refractivity contribution is 1.15. The van der Waals surface area contributed by atoms with Gasteiger partial charge < -0.3 is 5.32 Å². The highest BCUT2D eigenvalue weighted by atomic mass is 79.9. The van der Waals surface area contributed by atoms with E-state index < -0.39 is 0 Å². The summed E-state index contributed by atoms with van der Waals surface area (Å²) >= 11 is 3.59. The second kappa shape index (κ2) is 5.86. The number of nitrogens with one attached hydrogen (secondary N) is 1. The molecule has 0 aliphatic rings. The van der Waals surface area contributed by atoms with Crippen molar-refractivity contribution in [3.05, 3.63) is 69.8 Å². The Morgan fingerprint density at radius 2 is 1.81 bits per heavy atom. The smallest absolute Gasteiger partial charge is 0.0763 e. The summed E-state index contributed by atoms with van der Waals surface area (Å²) in [6, 6.07) is 14.8. The van der Waals surface area contributed by atoms with Gasteiger partial charge in [-0.3, -0.25) is 4.98 Å². The summed E-state index contributed by atoms with van der Waals surface area (Å²) in [5, 5.41) is 4.65. The van der Waals surface area contributed by atoms with Gasteiger partial charge >= 0.3 is 0 Å². The van der Waals surface area contributed by atoms with Gasteiger partial charge in [0.1, 0.15) is 0 Å². The van der Waals surface area contributed by atoms with Gasteiger partial charge in [-0.1, -0.05) is 34.1 Å². The van der Waals surface area contributed by atoms with E-state index in [1.165, 1.54) is 16.7 Å². The normalized spacial score (nSPS) is 10.8. The number of fused-ring (bicyclic) bond motifs is 1. The summed E-state index contributed by atoms with van der Waals surface area (Å²) in [5.41, 5.74) is 5.95. The lowest BCUT2D eigenvalue weighted by atomic mass is 10.1. The van der Waals surface area contributed by atoms with E-state index in [4.69, 9.17) is 0 Å². The minimum absolute atomic E-state index is 0.768. The van der Waals surface area contributed by atoms with E-state index >= 15 is 0 Å². The molecule has 0 amide bonds. The van der Waals surface area contributed by atoms with Gasteiger partial charge in [0.25, 0.3) is 0 Å². The molecule has 0 saturated heterocycles. The molecule has 1 N–H and O–H groups in total. The lowest BCUT2D eigenvalue weighted by Gasteiger charge is -2.11. The monoisotopic (exact) mass is 340 g/mol. The molecule has 3 heteroatoms. The largest absolute Gasteiger partial charge is 0.381 e. The highest BCUT2D eigenvalue weighted by Gasteiger charge is 2.05. The fourth-order valence-electron chi connectivity index (χ4n) is 2.61. The molecule has 0 bridgehead atoms. The van der Waals surface area contributed by atoms with E-state index in [0.717, 1.165) is 27.6 Å². The Balaban J connectivity index is 1.90. The number of pyridine rings is 1. The van der Waals surface area contributed by atoms with Gasteiger partial charge in [-0.25, -0.2) is 0 Å². The van der Waals surface area contributed by atoms with E-state index in [-0.39, 0.29) is 0 Å². The molecule has 2 nitrogen and oxygen atoms in total. The molecule has 3 rings (SSSR count). The van der Waals surface area contributed by atoms with Gasteiger partial charge in [0, 0.05) is 28.3 Å². The minimum atomic E-state index is 0.768. The van der Waals surface area contributed by atoms with Crippen molar-refractivity contribution in [2.24, 2.45) is 0 Å². The van der Waals surface area contributed by atoms with Crippen LogP contribution < -0.4 is 5.32 Å². The number of anilines is 1. The number of aryl methyl sites for hydroxylation is 2. The van der Waals surface area contributed by atoms with Crippen molar-refractivity contribution in [1.82, 2.24) is 4.98 Å². The highest BCUT2D eigenvalue weighted by Crippen LogP contribution is 2.26. The summed E-state index contributed by atoms with van der Waals surface area (Å²) in [4.78, 5) is 4.52. The number of hydrogen-bond donors (Lipinski definition) is 1. The first-order valence-electron chi connectivity index (χ1n) is 6.98. The Hall–Kier alpha value is -1.87. The standard InChI is InChI=1S/C18H17BrN2/c1-12-8-13(2)10-15(9-12)21-11-14-5-6-17(19)16-4-3-7-20-18(14)16/h3-10,21H,11H2,1-2H3. The molecule has 0 aliphatic carbocycles. The molecule has 106 valence electrons. The van der Waals surface area contributed by atoms with Crippen LogP contribution in [-0.4, -0.2) is 4.98 Å². The van der Waals surface area contributed by atoms with Crippen molar-refractivity contribution >= 4 is 32.5 Å². The molecule has 0 radical (unpaired) electrons. The van der Waals surface area contributed by atoms with Gasteiger partial charge in [0.15, 0.2) is 0 Å². The van der Waals surface area contributed by atoms with Crippen LogP contribution in [0.3, 0.4) is 0 Å². The summed E-state index contributed by atoms with van der Waals surface area (Å²) in [5.74, 6) is 0. The number of nitrogens with zero attached hydrogens (tertiary/aromatic N) is 1. The predicted octanol–water partition coefficient (Wildman–Crippen LogP) is 5.23. The fraction of sp³-hybridized carbons (Fsp3) is 0.167. The van der Waals surface area contributed by atoms with E-state index in [2.05, 4.69) is 76.5 Å². The zero-order valence-electron chi connectivity index (χ0n) is 12.2. The molecular weight excluding hydrogens is 324 g/mol. The van der Waals surface area contributed by atoms with E-state index in [9.17, 15) is 0 Å². The molecule has 21 heavy (non-hydrogen) atoms. The molecule has 1 aromatic heterocycles. The lowest BCUT2D eigenvalue weighted by Crippen LogP contribution is -2.01. The van der Waals surface area contributed by atoms with Gasteiger partial charge in [-0.05, 0) is 54.8 Å². The summed E-state index contributed by atoms with van der Waals surface area (Å²) in [7, 11) is 0. The minimum Gasteiger partial charge on any atom is -0.381 e. The zero-order chi connectivity index (χ0) is 14.8. The summed E-state index contributed by atoms with van der Waals surface area (Å²) < 4.78 is 1.08. The van der Waals surface area contributed by atoms with Crippen molar-refractivity contribution in [3.8, 4) is 0 Å². The van der Waals surface area contributed by atoms with Crippen molar-refractivity contribution in [3.63, 3.8) is 0 Å². The number of benzene rings is 2. The molecule has 0 aliphatic heterocycles. The molecule has 0 fully saturated rings. The first-order chi connectivity index (χ1) is 10.1. The number of rotatable bonds is 3. The average molecular weight is 341 g/mol. The van der Waals surface area contributed by atoms with Crippen molar-refractivity contribution in [2.45, 2.75) is 20.4 Å². The first-order valence-corrected chi connectivity index (χ1v) is 7.77. The fourth-order valence-corrected chi connectivity index (χ4v) is 3.07. The Bertz CT molecular complexity index is 776. The van der Waals surface area contributed by atoms with Crippen LogP contribution in [0.4, 0.5) is 5.69 Å². The maximum absolute atomic E-state index is 4.52. The van der Waals surface area contributed by atoms with Crippen LogP contribution in [0.1, 0.15) is 16.7 Å². The van der Waals surface area contributed by atoms with Crippen LogP contribution in [0.25, 0.3) is 10.9 Å². The summed E-state index contributed by atoms with van der Waals surface area (Å²) in [6.45, 7) is 5.01. The van der Waals surface area contributed by atoms with Crippen LogP contribution in [-0.2, 0) is 6.54 Å². The van der Waals surface area contributed by atoms with Gasteiger partial charge in [0.05, 0.1) is 5.52 Å². The molecule has 1 heterocycles. The third kappa shape index (κ3) is 3.08. The van der Waals surface area contributed by atoms with Gasteiger partial charge in [-0.15, -0.1) is 0 Å². The maximum Gasteiger partial charge on any atom is 0.0763 e. The van der Waals surface area contributed by atoms with Crippen molar-refractivity contribution in [2.75, 3.05) is 5.32 Å². The topological polar surface area (TPSA) is 24.9 Å². The Kier molecular flexibility index (Phi) is 3.93. The van der Waals surface area contributed by atoms with Crippen LogP contribution in [0.5, 0.6) is 0 Å². The predicted molar refractivity (Wildman–Crippen MR) is 92.7 cm³/mol. The second-order valence-electron chi connectivity index (χ2n) is 5.34. The number of aromatic nitrogens is 1. The molecule has 0 saturated carbocycles. The molecule has 0 unspecified atom stereocenters. The maximum atomic E-state index is 4.52. The van der Waals surface area contributed by atoms with Gasteiger partial charge in [-0.2, -0.15) is 0 Å². The van der Waals surface area contributed by atoms with Crippen molar-refractivity contribution < 1.29 is 0 Å². The third-order valence-electron chi connectivity index (χ3n) is 3.50. The average Bonchev–Trinajstić information content (AvgIpc) is 2.46. The highest BCUT2D eigenvalue weighted by molar-refractivity contribution is 9.10. The molecule has 2 aromatic carbocycles. The van der Waals surface area contributed by atoms with Crippen LogP contribution in [0.15, 0.2) is 53.1 Å². The molecule has 0 spiro atoms. The van der Waals surface area contributed by atoms with Crippen LogP contribution in [0.2, 0.25) is 0 Å². The first kappa shape index (κ1) is 14.1. The Morgan fingerprint density at radius 1 is 1.05 bits per heavy atom. The zero-order valence-corrected chi connectivity index (χ0v) is 13.7. The van der Waals surface area contributed by atoms with E-state index in [1.54, 1.807) is 0 Å². The number of hydrogen-bond acceptors (Lipinski definition) is 2. The van der Waals surface area contributed by atoms with Crippen LogP contribution >= 0.6 is 15.9 Å².